The van der Waals surface area contributed by atoms with Crippen LogP contribution in [0.2, 0.25) is 0 Å². The van der Waals surface area contributed by atoms with Gasteiger partial charge in [-0.15, -0.1) is 0 Å². The van der Waals surface area contributed by atoms with E-state index in [1.807, 2.05) is 0 Å². The van der Waals surface area contributed by atoms with E-state index < -0.39 is 11.7 Å². The minimum atomic E-state index is -4.22. The molecule has 1 aliphatic heterocycles. The van der Waals surface area contributed by atoms with E-state index in [-0.39, 0.29) is 19.5 Å². The molecule has 1 N–H and O–H groups in total. The van der Waals surface area contributed by atoms with E-state index in [1.165, 1.54) is 12.3 Å². The van der Waals surface area contributed by atoms with Crippen molar-refractivity contribution in [2.75, 3.05) is 25.0 Å². The van der Waals surface area contributed by atoms with Crippen LogP contribution in [0.5, 0.6) is 0 Å². The van der Waals surface area contributed by atoms with Crippen LogP contribution in [0.1, 0.15) is 12.1 Å². The SMILES string of the molecule is CNCc1coc(N2CC=C(C(F)(F)F)CC2)n1. The summed E-state index contributed by atoms with van der Waals surface area (Å²) >= 11 is 0. The summed E-state index contributed by atoms with van der Waals surface area (Å²) in [4.78, 5) is 5.89. The number of halogens is 3. The number of hydrogen-bond acceptors (Lipinski definition) is 4. The minimum Gasteiger partial charge on any atom is -0.432 e. The van der Waals surface area contributed by atoms with Crippen molar-refractivity contribution in [1.82, 2.24) is 10.3 Å². The lowest BCUT2D eigenvalue weighted by Crippen LogP contribution is -2.32. The number of oxazole rings is 1. The Bertz CT molecular complexity index is 439. The highest BCUT2D eigenvalue weighted by molar-refractivity contribution is 5.33. The number of hydrogen-bond donors (Lipinski definition) is 1. The maximum Gasteiger partial charge on any atom is 0.412 e. The maximum absolute atomic E-state index is 12.4. The average Bonchev–Trinajstić information content (AvgIpc) is 2.77. The van der Waals surface area contributed by atoms with Crippen LogP contribution in [0.3, 0.4) is 0 Å². The standard InChI is InChI=1S/C11H14F3N3O/c1-15-6-9-7-18-10(16-9)17-4-2-8(3-5-17)11(12,13)14/h2,7,15H,3-6H2,1H3. The second-order valence-corrected chi connectivity index (χ2v) is 4.07. The van der Waals surface area contributed by atoms with E-state index in [9.17, 15) is 13.2 Å². The fourth-order valence-corrected chi connectivity index (χ4v) is 1.80. The summed E-state index contributed by atoms with van der Waals surface area (Å²) in [6.45, 7) is 1.01. The largest absolute Gasteiger partial charge is 0.432 e. The van der Waals surface area contributed by atoms with Gasteiger partial charge in [0.15, 0.2) is 0 Å². The molecule has 0 amide bonds. The first-order valence-corrected chi connectivity index (χ1v) is 5.61. The predicted octanol–water partition coefficient (Wildman–Crippen LogP) is 2.09. The third-order valence-corrected chi connectivity index (χ3v) is 2.74. The zero-order valence-corrected chi connectivity index (χ0v) is 9.92. The molecule has 2 heterocycles. The molecule has 1 aliphatic rings. The monoisotopic (exact) mass is 261 g/mol. The van der Waals surface area contributed by atoms with Gasteiger partial charge in [0.25, 0.3) is 6.01 Å². The highest BCUT2D eigenvalue weighted by Gasteiger charge is 2.35. The maximum atomic E-state index is 12.4. The summed E-state index contributed by atoms with van der Waals surface area (Å²) < 4.78 is 42.6. The van der Waals surface area contributed by atoms with Crippen LogP contribution in [0.15, 0.2) is 22.3 Å². The lowest BCUT2D eigenvalue weighted by molar-refractivity contribution is -0.0944. The topological polar surface area (TPSA) is 41.3 Å². The normalized spacial score (nSPS) is 16.9. The Morgan fingerprint density at radius 3 is 2.83 bits per heavy atom. The molecule has 0 saturated heterocycles. The van der Waals surface area contributed by atoms with E-state index in [1.54, 1.807) is 11.9 Å². The molecule has 0 radical (unpaired) electrons. The van der Waals surface area contributed by atoms with Gasteiger partial charge >= 0.3 is 6.18 Å². The van der Waals surface area contributed by atoms with Crippen LogP contribution < -0.4 is 10.2 Å². The summed E-state index contributed by atoms with van der Waals surface area (Å²) in [5.41, 5.74) is 0.263. The molecule has 0 fully saturated rings. The minimum absolute atomic E-state index is 0.0345. The molecule has 18 heavy (non-hydrogen) atoms. The zero-order chi connectivity index (χ0) is 13.2. The molecule has 0 bridgehead atoms. The molecule has 1 aromatic heterocycles. The number of aromatic nitrogens is 1. The van der Waals surface area contributed by atoms with Crippen molar-refractivity contribution in [2.45, 2.75) is 19.1 Å². The number of alkyl halides is 3. The lowest BCUT2D eigenvalue weighted by atomic mass is 10.1. The zero-order valence-electron chi connectivity index (χ0n) is 9.92. The van der Waals surface area contributed by atoms with Gasteiger partial charge in [0.1, 0.15) is 6.26 Å². The molecule has 4 nitrogen and oxygen atoms in total. The van der Waals surface area contributed by atoms with Crippen LogP contribution in [-0.4, -0.2) is 31.3 Å². The Morgan fingerprint density at radius 1 is 1.50 bits per heavy atom. The van der Waals surface area contributed by atoms with E-state index in [2.05, 4.69) is 10.3 Å². The van der Waals surface area contributed by atoms with Gasteiger partial charge in [-0.2, -0.15) is 18.2 Å². The molecule has 100 valence electrons. The van der Waals surface area contributed by atoms with Crippen molar-refractivity contribution in [2.24, 2.45) is 0 Å². The summed E-state index contributed by atoms with van der Waals surface area (Å²) in [7, 11) is 1.79. The van der Waals surface area contributed by atoms with Crippen LogP contribution >= 0.6 is 0 Å². The molecule has 0 unspecified atom stereocenters. The van der Waals surface area contributed by atoms with E-state index in [4.69, 9.17) is 4.42 Å². The molecule has 0 atom stereocenters. The number of rotatable bonds is 3. The molecular weight excluding hydrogens is 247 g/mol. The molecule has 2 rings (SSSR count). The Labute approximate surface area is 102 Å². The van der Waals surface area contributed by atoms with Gasteiger partial charge in [0.05, 0.1) is 5.69 Å². The third-order valence-electron chi connectivity index (χ3n) is 2.74. The van der Waals surface area contributed by atoms with E-state index in [0.717, 1.165) is 5.69 Å². The Kier molecular flexibility index (Phi) is 3.60. The number of nitrogens with one attached hydrogen (secondary N) is 1. The molecule has 0 spiro atoms. The van der Waals surface area contributed by atoms with Crippen molar-refractivity contribution in [1.29, 1.82) is 0 Å². The molecule has 7 heteroatoms. The molecular formula is C11H14F3N3O. The van der Waals surface area contributed by atoms with Crippen LogP contribution in [-0.2, 0) is 6.54 Å². The van der Waals surface area contributed by atoms with Gasteiger partial charge in [-0.05, 0) is 13.5 Å². The number of nitrogens with zero attached hydrogens (tertiary/aromatic N) is 2. The summed E-state index contributed by atoms with van der Waals surface area (Å²) in [6, 6.07) is 0.373. The first-order chi connectivity index (χ1) is 8.50. The average molecular weight is 261 g/mol. The number of anilines is 1. The first-order valence-electron chi connectivity index (χ1n) is 5.61. The predicted molar refractivity (Wildman–Crippen MR) is 60.2 cm³/mol. The Balaban J connectivity index is 2.02. The van der Waals surface area contributed by atoms with Gasteiger partial charge in [0, 0.05) is 25.2 Å². The molecule has 0 aliphatic carbocycles. The van der Waals surface area contributed by atoms with Crippen LogP contribution in [0.25, 0.3) is 0 Å². The van der Waals surface area contributed by atoms with Crippen molar-refractivity contribution >= 4 is 6.01 Å². The summed E-state index contributed by atoms with van der Waals surface area (Å²) in [5.74, 6) is 0. The Morgan fingerprint density at radius 2 is 2.28 bits per heavy atom. The second kappa shape index (κ2) is 5.01. The summed E-state index contributed by atoms with van der Waals surface area (Å²) in [5, 5.41) is 2.93. The van der Waals surface area contributed by atoms with Crippen molar-refractivity contribution in [3.63, 3.8) is 0 Å². The van der Waals surface area contributed by atoms with Crippen LogP contribution in [0, 0.1) is 0 Å². The lowest BCUT2D eigenvalue weighted by Gasteiger charge is -2.25. The van der Waals surface area contributed by atoms with E-state index >= 15 is 0 Å². The van der Waals surface area contributed by atoms with Gasteiger partial charge in [-0.3, -0.25) is 0 Å². The smallest absolute Gasteiger partial charge is 0.412 e. The van der Waals surface area contributed by atoms with Gasteiger partial charge in [-0.25, -0.2) is 0 Å². The van der Waals surface area contributed by atoms with Gasteiger partial charge < -0.3 is 14.6 Å². The fourth-order valence-electron chi connectivity index (χ4n) is 1.80. The highest BCUT2D eigenvalue weighted by Crippen LogP contribution is 2.31. The molecule has 1 aromatic rings. The van der Waals surface area contributed by atoms with Crippen molar-refractivity contribution in [3.05, 3.63) is 23.6 Å². The molecule has 0 aromatic carbocycles. The van der Waals surface area contributed by atoms with Crippen molar-refractivity contribution in [3.8, 4) is 0 Å². The Hall–Kier alpha value is -1.50. The third kappa shape index (κ3) is 2.84. The molecule has 0 saturated carbocycles. The summed E-state index contributed by atoms with van der Waals surface area (Å²) in [6.07, 6.45) is -1.56. The van der Waals surface area contributed by atoms with Crippen molar-refractivity contribution < 1.29 is 17.6 Å². The van der Waals surface area contributed by atoms with Crippen LogP contribution in [0.4, 0.5) is 19.2 Å². The first kappa shape index (κ1) is 12.9. The van der Waals surface area contributed by atoms with Gasteiger partial charge in [-0.1, -0.05) is 6.08 Å². The quantitative estimate of drug-likeness (QED) is 0.846. The van der Waals surface area contributed by atoms with Gasteiger partial charge in [0.2, 0.25) is 0 Å². The fraction of sp³-hybridized carbons (Fsp3) is 0.545. The second-order valence-electron chi connectivity index (χ2n) is 4.07. The highest BCUT2D eigenvalue weighted by atomic mass is 19.4. The van der Waals surface area contributed by atoms with E-state index in [0.29, 0.717) is 12.6 Å².